The fourth-order valence-corrected chi connectivity index (χ4v) is 5.03. The largest absolute Gasteiger partial charge is 0.398 e. The van der Waals surface area contributed by atoms with E-state index in [1.807, 2.05) is 0 Å². The van der Waals surface area contributed by atoms with Gasteiger partial charge >= 0.3 is 0 Å². The van der Waals surface area contributed by atoms with Crippen molar-refractivity contribution >= 4 is 31.6 Å². The van der Waals surface area contributed by atoms with E-state index in [9.17, 15) is 8.42 Å². The molecule has 0 aliphatic heterocycles. The molecule has 1 aromatic carbocycles. The topological polar surface area (TPSA) is 63.4 Å². The van der Waals surface area contributed by atoms with E-state index < -0.39 is 10.0 Å². The van der Waals surface area contributed by atoms with Crippen molar-refractivity contribution in [1.29, 1.82) is 0 Å². The van der Waals surface area contributed by atoms with Gasteiger partial charge in [-0.2, -0.15) is 4.31 Å². The molecule has 6 heteroatoms. The molecular formula is C15H21BrN2O2S. The highest BCUT2D eigenvalue weighted by Gasteiger charge is 2.36. The molecule has 2 aliphatic carbocycles. The third-order valence-corrected chi connectivity index (χ3v) is 6.72. The van der Waals surface area contributed by atoms with Crippen LogP contribution in [-0.2, 0) is 10.0 Å². The standard InChI is InChI=1S/C15H21BrN2O2S/c1-10-14(17)6-13(16)7-15(10)21(19,20)18(8-11-2-3-11)9-12-4-5-12/h6-7,11-12H,2-5,8-9,17H2,1H3. The Morgan fingerprint density at radius 1 is 1.19 bits per heavy atom. The maximum Gasteiger partial charge on any atom is 0.243 e. The first-order chi connectivity index (χ1) is 9.88. The summed E-state index contributed by atoms with van der Waals surface area (Å²) in [5, 5.41) is 0. The summed E-state index contributed by atoms with van der Waals surface area (Å²) in [6, 6.07) is 3.42. The third-order valence-electron chi connectivity index (χ3n) is 4.30. The maximum absolute atomic E-state index is 13.0. The number of benzene rings is 1. The van der Waals surface area contributed by atoms with Crippen LogP contribution in [-0.4, -0.2) is 25.8 Å². The van der Waals surface area contributed by atoms with E-state index in [1.54, 1.807) is 23.4 Å². The molecule has 0 bridgehead atoms. The van der Waals surface area contributed by atoms with Gasteiger partial charge in [0.1, 0.15) is 0 Å². The minimum absolute atomic E-state index is 0.343. The highest BCUT2D eigenvalue weighted by Crippen LogP contribution is 2.37. The fourth-order valence-electron chi connectivity index (χ4n) is 2.53. The van der Waals surface area contributed by atoms with Gasteiger partial charge in [-0.1, -0.05) is 15.9 Å². The summed E-state index contributed by atoms with van der Waals surface area (Å²) in [5.41, 5.74) is 7.10. The molecule has 1 aromatic rings. The zero-order valence-corrected chi connectivity index (χ0v) is 14.6. The lowest BCUT2D eigenvalue weighted by atomic mass is 10.2. The van der Waals surface area contributed by atoms with Crippen molar-refractivity contribution in [2.24, 2.45) is 11.8 Å². The summed E-state index contributed by atoms with van der Waals surface area (Å²) < 4.78 is 28.5. The molecule has 0 saturated heterocycles. The van der Waals surface area contributed by atoms with Gasteiger partial charge in [-0.05, 0) is 62.1 Å². The molecule has 3 rings (SSSR count). The molecule has 21 heavy (non-hydrogen) atoms. The summed E-state index contributed by atoms with van der Waals surface area (Å²) in [4.78, 5) is 0.343. The van der Waals surface area contributed by atoms with Crippen LogP contribution < -0.4 is 5.73 Å². The molecule has 116 valence electrons. The summed E-state index contributed by atoms with van der Waals surface area (Å²) in [7, 11) is -3.46. The first-order valence-corrected chi connectivity index (χ1v) is 9.67. The number of hydrogen-bond donors (Lipinski definition) is 1. The molecule has 0 atom stereocenters. The van der Waals surface area contributed by atoms with E-state index in [-0.39, 0.29) is 0 Å². The molecule has 0 unspecified atom stereocenters. The van der Waals surface area contributed by atoms with Crippen LogP contribution in [0.1, 0.15) is 31.2 Å². The third kappa shape index (κ3) is 3.43. The molecular weight excluding hydrogens is 352 g/mol. The van der Waals surface area contributed by atoms with Crippen molar-refractivity contribution in [2.45, 2.75) is 37.5 Å². The Hall–Kier alpha value is -0.590. The number of nitrogen functional groups attached to an aromatic ring is 1. The van der Waals surface area contributed by atoms with Crippen molar-refractivity contribution in [3.63, 3.8) is 0 Å². The maximum atomic E-state index is 13.0. The lowest BCUT2D eigenvalue weighted by Crippen LogP contribution is -2.35. The van der Waals surface area contributed by atoms with Crippen LogP contribution in [0.5, 0.6) is 0 Å². The molecule has 0 radical (unpaired) electrons. The number of rotatable bonds is 6. The summed E-state index contributed by atoms with van der Waals surface area (Å²) in [5.74, 6) is 1.09. The van der Waals surface area contributed by atoms with Crippen molar-refractivity contribution in [1.82, 2.24) is 4.31 Å². The lowest BCUT2D eigenvalue weighted by Gasteiger charge is -2.23. The molecule has 2 aliphatic rings. The van der Waals surface area contributed by atoms with E-state index >= 15 is 0 Å². The van der Waals surface area contributed by atoms with Gasteiger partial charge < -0.3 is 5.73 Å². The molecule has 2 N–H and O–H groups in total. The van der Waals surface area contributed by atoms with E-state index in [1.165, 1.54) is 0 Å². The van der Waals surface area contributed by atoms with Gasteiger partial charge in [0.25, 0.3) is 0 Å². The van der Waals surface area contributed by atoms with Gasteiger partial charge in [0.2, 0.25) is 10.0 Å². The van der Waals surface area contributed by atoms with Gasteiger partial charge in [-0.25, -0.2) is 8.42 Å². The second kappa shape index (κ2) is 5.56. The van der Waals surface area contributed by atoms with Crippen molar-refractivity contribution in [3.05, 3.63) is 22.2 Å². The molecule has 0 heterocycles. The monoisotopic (exact) mass is 372 g/mol. The van der Waals surface area contributed by atoms with Crippen LogP contribution in [0, 0.1) is 18.8 Å². The van der Waals surface area contributed by atoms with Crippen molar-refractivity contribution in [3.8, 4) is 0 Å². The Kier molecular flexibility index (Phi) is 4.05. The highest BCUT2D eigenvalue weighted by molar-refractivity contribution is 9.10. The first kappa shape index (κ1) is 15.3. The van der Waals surface area contributed by atoms with E-state index in [2.05, 4.69) is 15.9 Å². The van der Waals surface area contributed by atoms with E-state index in [0.717, 1.165) is 25.7 Å². The SMILES string of the molecule is Cc1c(N)cc(Br)cc1S(=O)(=O)N(CC1CC1)CC1CC1. The van der Waals surface area contributed by atoms with Crippen LogP contribution in [0.4, 0.5) is 5.69 Å². The quantitative estimate of drug-likeness (QED) is 0.780. The summed E-state index contributed by atoms with van der Waals surface area (Å²) in [6.07, 6.45) is 4.60. The molecule has 0 aromatic heterocycles. The Balaban J connectivity index is 1.95. The van der Waals surface area contributed by atoms with Crippen molar-refractivity contribution in [2.75, 3.05) is 18.8 Å². The van der Waals surface area contributed by atoms with Gasteiger partial charge in [0, 0.05) is 23.2 Å². The smallest absolute Gasteiger partial charge is 0.243 e. The van der Waals surface area contributed by atoms with Gasteiger partial charge in [0.15, 0.2) is 0 Å². The molecule has 2 saturated carbocycles. The summed E-state index contributed by atoms with van der Waals surface area (Å²) in [6.45, 7) is 3.09. The normalized spacial score (nSPS) is 19.2. The van der Waals surface area contributed by atoms with Crippen LogP contribution in [0.2, 0.25) is 0 Å². The number of nitrogens with zero attached hydrogens (tertiary/aromatic N) is 1. The van der Waals surface area contributed by atoms with Crippen LogP contribution in [0.25, 0.3) is 0 Å². The zero-order valence-electron chi connectivity index (χ0n) is 12.2. The van der Waals surface area contributed by atoms with Crippen LogP contribution in [0.15, 0.2) is 21.5 Å². The number of halogens is 1. The van der Waals surface area contributed by atoms with Gasteiger partial charge in [-0.15, -0.1) is 0 Å². The summed E-state index contributed by atoms with van der Waals surface area (Å²) >= 11 is 3.35. The van der Waals surface area contributed by atoms with E-state index in [4.69, 9.17) is 5.73 Å². The first-order valence-electron chi connectivity index (χ1n) is 7.43. The highest BCUT2D eigenvalue weighted by atomic mass is 79.9. The molecule has 4 nitrogen and oxygen atoms in total. The predicted octanol–water partition coefficient (Wildman–Crippen LogP) is 3.15. The van der Waals surface area contributed by atoms with E-state index in [0.29, 0.717) is 45.5 Å². The average molecular weight is 373 g/mol. The van der Waals surface area contributed by atoms with Crippen LogP contribution >= 0.6 is 15.9 Å². The number of anilines is 1. The predicted molar refractivity (Wildman–Crippen MR) is 87.5 cm³/mol. The van der Waals surface area contributed by atoms with Crippen LogP contribution in [0.3, 0.4) is 0 Å². The Morgan fingerprint density at radius 3 is 2.19 bits per heavy atom. The zero-order chi connectivity index (χ0) is 15.2. The minimum Gasteiger partial charge on any atom is -0.398 e. The average Bonchev–Trinajstić information content (AvgIpc) is 3.27. The molecule has 2 fully saturated rings. The lowest BCUT2D eigenvalue weighted by molar-refractivity contribution is 0.382. The second-order valence-electron chi connectivity index (χ2n) is 6.33. The fraction of sp³-hybridized carbons (Fsp3) is 0.600. The Morgan fingerprint density at radius 2 is 1.71 bits per heavy atom. The Labute approximate surface area is 134 Å². The number of sulfonamides is 1. The molecule has 0 amide bonds. The molecule has 0 spiro atoms. The number of nitrogens with two attached hydrogens (primary N) is 1. The number of hydrogen-bond acceptors (Lipinski definition) is 3. The minimum atomic E-state index is -3.46. The Bertz CT molecular complexity index is 638. The van der Waals surface area contributed by atoms with Gasteiger partial charge in [0.05, 0.1) is 4.90 Å². The van der Waals surface area contributed by atoms with Crippen molar-refractivity contribution < 1.29 is 8.42 Å². The van der Waals surface area contributed by atoms with Gasteiger partial charge in [-0.3, -0.25) is 0 Å². The second-order valence-corrected chi connectivity index (χ2v) is 9.15.